The van der Waals surface area contributed by atoms with Crippen LogP contribution in [0.2, 0.25) is 0 Å². The van der Waals surface area contributed by atoms with Gasteiger partial charge in [-0.1, -0.05) is 26.0 Å². The van der Waals surface area contributed by atoms with Gasteiger partial charge in [-0.3, -0.25) is 0 Å². The highest BCUT2D eigenvalue weighted by Crippen LogP contribution is 2.24. The van der Waals surface area contributed by atoms with Crippen molar-refractivity contribution in [3.05, 3.63) is 58.7 Å². The summed E-state index contributed by atoms with van der Waals surface area (Å²) < 4.78 is 0. The Hall–Kier alpha value is -2.04. The second-order valence-corrected chi connectivity index (χ2v) is 5.87. The maximum atomic E-state index is 4.43. The summed E-state index contributed by atoms with van der Waals surface area (Å²) >= 11 is 0. The Morgan fingerprint density at radius 2 is 1.08 bits per heavy atom. The molecule has 0 amide bonds. The molecule has 0 saturated carbocycles. The second kappa shape index (κ2) is 9.30. The first-order valence-corrected chi connectivity index (χ1v) is 8.66. The van der Waals surface area contributed by atoms with Crippen molar-refractivity contribution in [1.29, 1.82) is 0 Å². The monoisotopic (exact) mass is 324 g/mol. The van der Waals surface area contributed by atoms with Gasteiger partial charge in [-0.05, 0) is 73.5 Å². The molecule has 0 atom stereocenters. The third-order valence-corrected chi connectivity index (χ3v) is 4.16. The summed E-state index contributed by atoms with van der Waals surface area (Å²) in [5, 5.41) is 15.3. The molecule has 0 spiro atoms. The van der Waals surface area contributed by atoms with Crippen molar-refractivity contribution < 1.29 is 0 Å². The molecule has 2 aromatic rings. The zero-order valence-corrected chi connectivity index (χ0v) is 15.2. The highest BCUT2D eigenvalue weighted by molar-refractivity contribution is 5.47. The summed E-state index contributed by atoms with van der Waals surface area (Å²) in [6, 6.07) is 12.6. The van der Waals surface area contributed by atoms with Gasteiger partial charge in [0.2, 0.25) is 0 Å². The summed E-state index contributed by atoms with van der Waals surface area (Å²) in [5.41, 5.74) is 7.07. The first kappa shape index (κ1) is 18.3. The standard InChI is InChI=1S/C20H28N4/c1-5-15-7-9-19(11-17(15)13-21-3)23-24-20-10-8-16(6-2)18(12-20)14-22-4/h7-12,21-22H,5-6,13-14H2,1-4H3/b24-23+. The molecule has 0 fully saturated rings. The zero-order chi connectivity index (χ0) is 17.4. The lowest BCUT2D eigenvalue weighted by Crippen LogP contribution is -2.07. The Labute approximate surface area is 145 Å². The third kappa shape index (κ3) is 4.73. The number of nitrogens with one attached hydrogen (secondary N) is 2. The topological polar surface area (TPSA) is 48.8 Å². The summed E-state index contributed by atoms with van der Waals surface area (Å²) in [6.45, 7) is 6.05. The summed E-state index contributed by atoms with van der Waals surface area (Å²) in [5.74, 6) is 0. The van der Waals surface area contributed by atoms with E-state index in [0.29, 0.717) is 0 Å². The van der Waals surface area contributed by atoms with E-state index < -0.39 is 0 Å². The van der Waals surface area contributed by atoms with E-state index in [1.165, 1.54) is 22.3 Å². The molecule has 0 unspecified atom stereocenters. The predicted molar refractivity (Wildman–Crippen MR) is 101 cm³/mol. The summed E-state index contributed by atoms with van der Waals surface area (Å²) in [4.78, 5) is 0. The van der Waals surface area contributed by atoms with Gasteiger partial charge in [-0.2, -0.15) is 10.2 Å². The van der Waals surface area contributed by atoms with E-state index in [4.69, 9.17) is 0 Å². The molecule has 2 N–H and O–H groups in total. The highest BCUT2D eigenvalue weighted by Gasteiger charge is 2.03. The van der Waals surface area contributed by atoms with Crippen molar-refractivity contribution in [3.8, 4) is 0 Å². The van der Waals surface area contributed by atoms with Crippen LogP contribution in [0, 0.1) is 0 Å². The summed E-state index contributed by atoms with van der Waals surface area (Å²) in [7, 11) is 3.93. The van der Waals surface area contributed by atoms with Gasteiger partial charge < -0.3 is 10.6 Å². The van der Waals surface area contributed by atoms with Gasteiger partial charge in [0.1, 0.15) is 0 Å². The zero-order valence-electron chi connectivity index (χ0n) is 15.2. The van der Waals surface area contributed by atoms with Crippen LogP contribution in [0.25, 0.3) is 0 Å². The van der Waals surface area contributed by atoms with Gasteiger partial charge in [0.25, 0.3) is 0 Å². The lowest BCUT2D eigenvalue weighted by Gasteiger charge is -2.09. The third-order valence-electron chi connectivity index (χ3n) is 4.16. The van der Waals surface area contributed by atoms with Gasteiger partial charge in [0.05, 0.1) is 11.4 Å². The maximum Gasteiger partial charge on any atom is 0.0860 e. The molecule has 0 aliphatic carbocycles. The Morgan fingerprint density at radius 1 is 0.667 bits per heavy atom. The van der Waals surface area contributed by atoms with E-state index in [0.717, 1.165) is 37.3 Å². The van der Waals surface area contributed by atoms with Crippen molar-refractivity contribution in [2.45, 2.75) is 39.8 Å². The van der Waals surface area contributed by atoms with Crippen LogP contribution in [0.1, 0.15) is 36.1 Å². The number of nitrogens with zero attached hydrogens (tertiary/aromatic N) is 2. The Kier molecular flexibility index (Phi) is 7.09. The number of aryl methyl sites for hydroxylation is 2. The average Bonchev–Trinajstić information content (AvgIpc) is 2.61. The minimum atomic E-state index is 0.851. The van der Waals surface area contributed by atoms with Gasteiger partial charge in [0.15, 0.2) is 0 Å². The molecule has 4 heteroatoms. The van der Waals surface area contributed by atoms with Crippen molar-refractivity contribution in [2.75, 3.05) is 14.1 Å². The van der Waals surface area contributed by atoms with E-state index in [9.17, 15) is 0 Å². The highest BCUT2D eigenvalue weighted by atomic mass is 15.1. The first-order chi connectivity index (χ1) is 11.7. The van der Waals surface area contributed by atoms with Gasteiger partial charge >= 0.3 is 0 Å². The fourth-order valence-electron chi connectivity index (χ4n) is 2.86. The predicted octanol–water partition coefficient (Wildman–Crippen LogP) is 4.67. The molecule has 0 saturated heterocycles. The molecular weight excluding hydrogens is 296 g/mol. The molecule has 0 aromatic heterocycles. The molecule has 2 rings (SSSR count). The largest absolute Gasteiger partial charge is 0.316 e. The minimum Gasteiger partial charge on any atom is -0.316 e. The normalized spacial score (nSPS) is 11.3. The SMILES string of the molecule is CCc1ccc(/N=N/c2ccc(CC)c(CNC)c2)cc1CNC. The maximum absolute atomic E-state index is 4.43. The van der Waals surface area contributed by atoms with Crippen LogP contribution in [-0.4, -0.2) is 14.1 Å². The van der Waals surface area contributed by atoms with Crippen LogP contribution >= 0.6 is 0 Å². The lowest BCUT2D eigenvalue weighted by molar-refractivity contribution is 0.805. The van der Waals surface area contributed by atoms with Crippen LogP contribution in [0.3, 0.4) is 0 Å². The quantitative estimate of drug-likeness (QED) is 0.693. The van der Waals surface area contributed by atoms with Gasteiger partial charge in [-0.15, -0.1) is 0 Å². The fraction of sp³-hybridized carbons (Fsp3) is 0.400. The van der Waals surface area contributed by atoms with Crippen molar-refractivity contribution in [2.24, 2.45) is 10.2 Å². The van der Waals surface area contributed by atoms with Crippen LogP contribution < -0.4 is 10.6 Å². The lowest BCUT2D eigenvalue weighted by atomic mass is 10.0. The number of azo groups is 1. The number of benzene rings is 2. The molecule has 2 aromatic carbocycles. The van der Waals surface area contributed by atoms with Crippen LogP contribution in [0.4, 0.5) is 11.4 Å². The molecule has 0 aliphatic rings. The van der Waals surface area contributed by atoms with Crippen molar-refractivity contribution >= 4 is 11.4 Å². The Bertz CT molecular complexity index is 633. The molecule has 128 valence electrons. The smallest absolute Gasteiger partial charge is 0.0860 e. The molecular formula is C20H28N4. The molecule has 24 heavy (non-hydrogen) atoms. The molecule has 4 nitrogen and oxygen atoms in total. The van der Waals surface area contributed by atoms with Gasteiger partial charge in [0, 0.05) is 13.1 Å². The van der Waals surface area contributed by atoms with E-state index in [1.54, 1.807) is 0 Å². The molecule has 0 bridgehead atoms. The van der Waals surface area contributed by atoms with E-state index >= 15 is 0 Å². The van der Waals surface area contributed by atoms with E-state index in [2.05, 4.69) is 59.0 Å². The number of rotatable bonds is 8. The minimum absolute atomic E-state index is 0.851. The van der Waals surface area contributed by atoms with E-state index in [-0.39, 0.29) is 0 Å². The molecule has 0 radical (unpaired) electrons. The summed E-state index contributed by atoms with van der Waals surface area (Å²) in [6.07, 6.45) is 2.06. The molecule has 0 heterocycles. The van der Waals surface area contributed by atoms with Crippen LogP contribution in [-0.2, 0) is 25.9 Å². The first-order valence-electron chi connectivity index (χ1n) is 8.66. The number of hydrogen-bond donors (Lipinski definition) is 2. The van der Waals surface area contributed by atoms with Gasteiger partial charge in [-0.25, -0.2) is 0 Å². The van der Waals surface area contributed by atoms with Crippen molar-refractivity contribution in [3.63, 3.8) is 0 Å². The van der Waals surface area contributed by atoms with Crippen LogP contribution in [0.15, 0.2) is 46.6 Å². The fourth-order valence-corrected chi connectivity index (χ4v) is 2.86. The Balaban J connectivity index is 2.24. The van der Waals surface area contributed by atoms with E-state index in [1.807, 2.05) is 26.2 Å². The van der Waals surface area contributed by atoms with Crippen LogP contribution in [0.5, 0.6) is 0 Å². The Morgan fingerprint density at radius 3 is 1.42 bits per heavy atom. The second-order valence-electron chi connectivity index (χ2n) is 5.87. The average molecular weight is 324 g/mol. The number of hydrogen-bond acceptors (Lipinski definition) is 4. The van der Waals surface area contributed by atoms with Crippen molar-refractivity contribution in [1.82, 2.24) is 10.6 Å². The molecule has 0 aliphatic heterocycles.